The number of hydrogen-bond donors (Lipinski definition) is 0. The fourth-order valence-corrected chi connectivity index (χ4v) is 4.27. The summed E-state index contributed by atoms with van der Waals surface area (Å²) in [6.07, 6.45) is -2.71. The molecule has 1 heterocycles. The number of nitrogens with zero attached hydrogens (tertiary/aromatic N) is 2. The van der Waals surface area contributed by atoms with E-state index in [1.165, 1.54) is 17.8 Å². The molecule has 0 amide bonds. The molecule has 152 valence electrons. The third kappa shape index (κ3) is 4.63. The van der Waals surface area contributed by atoms with Crippen LogP contribution in [-0.2, 0) is 11.9 Å². The van der Waals surface area contributed by atoms with Crippen LogP contribution in [0.5, 0.6) is 0 Å². The molecule has 4 rings (SSSR count). The van der Waals surface area contributed by atoms with Gasteiger partial charge in [0.2, 0.25) is 0 Å². The average molecular weight is 489 g/mol. The predicted octanol–water partition coefficient (Wildman–Crippen LogP) is 7.61. The van der Waals surface area contributed by atoms with Crippen LogP contribution in [0.1, 0.15) is 11.1 Å². The summed E-state index contributed by atoms with van der Waals surface area (Å²) in [5, 5.41) is 0.635. The van der Waals surface area contributed by atoms with Crippen LogP contribution in [0.25, 0.3) is 16.9 Å². The summed E-state index contributed by atoms with van der Waals surface area (Å²) in [6.45, 7) is 0. The van der Waals surface area contributed by atoms with Crippen LogP contribution >= 0.6 is 27.7 Å². The highest BCUT2D eigenvalue weighted by molar-refractivity contribution is 9.10. The Bertz CT molecular complexity index is 1140. The Hall–Kier alpha value is -2.51. The zero-order valence-electron chi connectivity index (χ0n) is 15.6. The van der Waals surface area contributed by atoms with Gasteiger partial charge in [-0.2, -0.15) is 13.2 Å². The Kier molecular flexibility index (Phi) is 6.01. The number of benzene rings is 3. The average Bonchev–Trinajstić information content (AvgIpc) is 3.17. The van der Waals surface area contributed by atoms with Crippen molar-refractivity contribution in [2.75, 3.05) is 0 Å². The Labute approximate surface area is 184 Å². The summed E-state index contributed by atoms with van der Waals surface area (Å²) < 4.78 is 42.6. The second-order valence-corrected chi connectivity index (χ2v) is 8.45. The minimum atomic E-state index is -4.41. The van der Waals surface area contributed by atoms with Crippen LogP contribution in [0.2, 0.25) is 0 Å². The number of hydrogen-bond acceptors (Lipinski definition) is 2. The zero-order valence-corrected chi connectivity index (χ0v) is 18.0. The van der Waals surface area contributed by atoms with E-state index in [-0.39, 0.29) is 0 Å². The lowest BCUT2D eigenvalue weighted by Gasteiger charge is -2.14. The molecule has 0 saturated carbocycles. The summed E-state index contributed by atoms with van der Waals surface area (Å²) in [5.74, 6) is 0.663. The molecule has 0 atom stereocenters. The van der Waals surface area contributed by atoms with Crippen LogP contribution in [0.15, 0.2) is 94.7 Å². The summed E-state index contributed by atoms with van der Waals surface area (Å²) in [5.41, 5.74) is 2.46. The Balaban J connectivity index is 1.79. The maximum atomic E-state index is 13.3. The highest BCUT2D eigenvalue weighted by Gasteiger charge is 2.31. The van der Waals surface area contributed by atoms with Gasteiger partial charge in [-0.15, -0.1) is 0 Å². The van der Waals surface area contributed by atoms with Gasteiger partial charge in [0.25, 0.3) is 0 Å². The molecule has 0 radical (unpaired) electrons. The topological polar surface area (TPSA) is 17.8 Å². The van der Waals surface area contributed by atoms with Gasteiger partial charge in [-0.3, -0.25) is 4.57 Å². The molecule has 0 aliphatic carbocycles. The van der Waals surface area contributed by atoms with Crippen molar-refractivity contribution in [1.29, 1.82) is 0 Å². The monoisotopic (exact) mass is 488 g/mol. The van der Waals surface area contributed by atoms with Gasteiger partial charge >= 0.3 is 6.18 Å². The maximum absolute atomic E-state index is 13.3. The first kappa shape index (κ1) is 20.8. The normalized spacial score (nSPS) is 11.6. The van der Waals surface area contributed by atoms with E-state index < -0.39 is 11.7 Å². The second-order valence-electron chi connectivity index (χ2n) is 6.59. The minimum absolute atomic E-state index is 0.427. The zero-order chi connectivity index (χ0) is 21.1. The molecule has 0 aliphatic heterocycles. The van der Waals surface area contributed by atoms with Gasteiger partial charge in [-0.05, 0) is 35.9 Å². The first-order valence-corrected chi connectivity index (χ1v) is 10.9. The van der Waals surface area contributed by atoms with Gasteiger partial charge in [-0.25, -0.2) is 4.98 Å². The first-order valence-electron chi connectivity index (χ1n) is 9.10. The van der Waals surface area contributed by atoms with E-state index in [4.69, 9.17) is 0 Å². The highest BCUT2D eigenvalue weighted by atomic mass is 79.9. The highest BCUT2D eigenvalue weighted by Crippen LogP contribution is 2.35. The fraction of sp³-hybridized carbons (Fsp3) is 0.0870. The molecular weight excluding hydrogens is 473 g/mol. The summed E-state index contributed by atoms with van der Waals surface area (Å²) in [7, 11) is 0. The summed E-state index contributed by atoms with van der Waals surface area (Å²) >= 11 is 4.91. The van der Waals surface area contributed by atoms with Gasteiger partial charge in [0.05, 0.1) is 17.5 Å². The van der Waals surface area contributed by atoms with Crippen LogP contribution < -0.4 is 0 Å². The van der Waals surface area contributed by atoms with Crippen LogP contribution in [-0.4, -0.2) is 9.55 Å². The van der Waals surface area contributed by atoms with E-state index in [1.54, 1.807) is 16.8 Å². The summed E-state index contributed by atoms with van der Waals surface area (Å²) in [6, 6.07) is 22.9. The minimum Gasteiger partial charge on any atom is -0.287 e. The lowest BCUT2D eigenvalue weighted by molar-refractivity contribution is -0.137. The largest absolute Gasteiger partial charge is 0.416 e. The quantitative estimate of drug-likeness (QED) is 0.269. The molecule has 30 heavy (non-hydrogen) atoms. The van der Waals surface area contributed by atoms with Crippen LogP contribution in [0, 0.1) is 0 Å². The van der Waals surface area contributed by atoms with Crippen molar-refractivity contribution in [1.82, 2.24) is 9.55 Å². The van der Waals surface area contributed by atoms with Gasteiger partial charge in [0.15, 0.2) is 5.16 Å². The Morgan fingerprint density at radius 3 is 2.33 bits per heavy atom. The SMILES string of the molecule is FC(F)(F)c1cccc(-n2c(-c3ccc(Br)cc3)cnc2SCc2ccccc2)c1. The van der Waals surface area contributed by atoms with Crippen molar-refractivity contribution in [3.8, 4) is 16.9 Å². The third-order valence-corrected chi connectivity index (χ3v) is 6.06. The molecule has 1 aromatic heterocycles. The standard InChI is InChI=1S/C23H16BrF3N2S/c24-19-11-9-17(10-12-19)21-14-28-22(30-15-16-5-2-1-3-6-16)29(21)20-8-4-7-18(13-20)23(25,26)27/h1-14H,15H2. The van der Waals surface area contributed by atoms with Crippen molar-refractivity contribution in [3.63, 3.8) is 0 Å². The molecule has 0 N–H and O–H groups in total. The molecular formula is C23H16BrF3N2S. The lowest BCUT2D eigenvalue weighted by atomic mass is 10.1. The molecule has 2 nitrogen and oxygen atoms in total. The Morgan fingerprint density at radius 2 is 1.63 bits per heavy atom. The summed E-state index contributed by atoms with van der Waals surface area (Å²) in [4.78, 5) is 4.53. The molecule has 0 aliphatic rings. The number of aromatic nitrogens is 2. The van der Waals surface area contributed by atoms with Gasteiger partial charge in [0.1, 0.15) is 0 Å². The van der Waals surface area contributed by atoms with Crippen molar-refractivity contribution >= 4 is 27.7 Å². The number of thioether (sulfide) groups is 1. The smallest absolute Gasteiger partial charge is 0.287 e. The van der Waals surface area contributed by atoms with E-state index in [0.29, 0.717) is 16.6 Å². The van der Waals surface area contributed by atoms with E-state index in [0.717, 1.165) is 33.4 Å². The lowest BCUT2D eigenvalue weighted by Crippen LogP contribution is -2.07. The second kappa shape index (κ2) is 8.70. The van der Waals surface area contributed by atoms with E-state index in [9.17, 15) is 13.2 Å². The fourth-order valence-electron chi connectivity index (χ4n) is 3.05. The number of halogens is 4. The molecule has 0 unspecified atom stereocenters. The van der Waals surface area contributed by atoms with Crippen molar-refractivity contribution in [2.45, 2.75) is 17.1 Å². The molecule has 7 heteroatoms. The van der Waals surface area contributed by atoms with Crippen molar-refractivity contribution in [2.24, 2.45) is 0 Å². The third-order valence-electron chi connectivity index (χ3n) is 4.51. The van der Waals surface area contributed by atoms with Crippen LogP contribution in [0.3, 0.4) is 0 Å². The van der Waals surface area contributed by atoms with Gasteiger partial charge < -0.3 is 0 Å². The molecule has 0 spiro atoms. The van der Waals surface area contributed by atoms with Crippen molar-refractivity contribution < 1.29 is 13.2 Å². The number of alkyl halides is 3. The molecule has 0 saturated heterocycles. The predicted molar refractivity (Wildman–Crippen MR) is 118 cm³/mol. The van der Waals surface area contributed by atoms with Crippen LogP contribution in [0.4, 0.5) is 13.2 Å². The van der Waals surface area contributed by atoms with Crippen molar-refractivity contribution in [3.05, 3.63) is 101 Å². The van der Waals surface area contributed by atoms with Gasteiger partial charge in [0, 0.05) is 21.5 Å². The molecule has 0 bridgehead atoms. The van der Waals surface area contributed by atoms with Gasteiger partial charge in [-0.1, -0.05) is 76.2 Å². The van der Waals surface area contributed by atoms with E-state index in [1.807, 2.05) is 54.6 Å². The number of rotatable bonds is 5. The van der Waals surface area contributed by atoms with E-state index in [2.05, 4.69) is 20.9 Å². The molecule has 4 aromatic rings. The first-order chi connectivity index (χ1) is 14.4. The maximum Gasteiger partial charge on any atom is 0.416 e. The van der Waals surface area contributed by atoms with E-state index >= 15 is 0 Å². The molecule has 3 aromatic carbocycles. The number of imidazole rings is 1. The Morgan fingerprint density at radius 1 is 0.900 bits per heavy atom. The molecule has 0 fully saturated rings.